The van der Waals surface area contributed by atoms with Gasteiger partial charge in [0.2, 0.25) is 29.5 Å². The number of amides is 5. The molecule has 0 spiro atoms. The minimum absolute atomic E-state index is 0.0583. The average molecular weight is 674 g/mol. The minimum Gasteiger partial charge on any atom is -0.394 e. The number of H-pyrrole nitrogens is 1. The maximum atomic E-state index is 13.5. The van der Waals surface area contributed by atoms with Crippen LogP contribution in [0.25, 0.3) is 0 Å². The highest BCUT2D eigenvalue weighted by Gasteiger charge is 2.37. The van der Waals surface area contributed by atoms with Crippen LogP contribution in [0, 0.1) is 5.92 Å². The van der Waals surface area contributed by atoms with E-state index in [1.165, 1.54) is 24.3 Å². The summed E-state index contributed by atoms with van der Waals surface area (Å²) >= 11 is 0. The first-order valence-electron chi connectivity index (χ1n) is 14.7. The molecule has 6 atom stereocenters. The van der Waals surface area contributed by atoms with E-state index in [0.717, 1.165) is 13.8 Å². The molecule has 5 amide bonds. The summed E-state index contributed by atoms with van der Waals surface area (Å²) in [5.74, 6) is -4.23. The van der Waals surface area contributed by atoms with Crippen molar-refractivity contribution >= 4 is 43.1 Å². The van der Waals surface area contributed by atoms with Gasteiger partial charge in [-0.15, -0.1) is 0 Å². The molecule has 0 aliphatic carbocycles. The van der Waals surface area contributed by atoms with Crippen LogP contribution in [0.4, 0.5) is 0 Å². The summed E-state index contributed by atoms with van der Waals surface area (Å²) in [6.45, 7) is 6.70. The molecule has 8 N–H and O–H groups in total. The fraction of sp³-hybridized carbons (Fsp3) is 0.667. The smallest absolute Gasteiger partial charge is 0.394 e. The molecule has 1 aliphatic heterocycles. The standard InChI is InChI=1S/C27H44N7O11P/c1-14(2)9-19(31-27(41)22-7-6-8-34(22)17(5)37)24(38)30-20(10-18-11-28-13-29-18)25(39)32-21(12-35)26(40)33-23(15(3)36)16(4)45-46(42,43)44/h11,13-14,16,19-23,35H,6-10,12H2,1-5H3,(H,28,29)(H,30,38)(H,31,41)(H,32,39)(H,33,40)(H2,42,43,44)/t16-,19+,20+,21+,22+,23-/m1/s1. The zero-order chi connectivity index (χ0) is 34.8. The molecule has 258 valence electrons. The topological polar surface area (TPSA) is 269 Å². The second-order valence-corrected chi connectivity index (χ2v) is 12.7. The van der Waals surface area contributed by atoms with E-state index in [9.17, 15) is 38.4 Å². The Bertz CT molecular complexity index is 1290. The van der Waals surface area contributed by atoms with Crippen molar-refractivity contribution in [3.8, 4) is 0 Å². The maximum absolute atomic E-state index is 13.5. The number of ketones is 1. The third-order valence-electron chi connectivity index (χ3n) is 7.24. The molecule has 0 saturated carbocycles. The zero-order valence-corrected chi connectivity index (χ0v) is 27.3. The monoisotopic (exact) mass is 673 g/mol. The van der Waals surface area contributed by atoms with Crippen molar-refractivity contribution in [3.63, 3.8) is 0 Å². The summed E-state index contributed by atoms with van der Waals surface area (Å²) in [6.07, 6.45) is 2.42. The summed E-state index contributed by atoms with van der Waals surface area (Å²) < 4.78 is 15.7. The Morgan fingerprint density at radius 2 is 1.61 bits per heavy atom. The number of aromatic amines is 1. The molecule has 1 aromatic heterocycles. The Hall–Kier alpha value is -3.70. The van der Waals surface area contributed by atoms with Gasteiger partial charge < -0.3 is 46.0 Å². The highest BCUT2D eigenvalue weighted by Crippen LogP contribution is 2.38. The number of hydrogen-bond donors (Lipinski definition) is 8. The number of nitrogens with one attached hydrogen (secondary N) is 5. The van der Waals surface area contributed by atoms with Crippen LogP contribution in [-0.2, 0) is 44.3 Å². The van der Waals surface area contributed by atoms with E-state index in [4.69, 9.17) is 9.79 Å². The molecule has 1 fully saturated rings. The first kappa shape index (κ1) is 38.5. The molecule has 2 rings (SSSR count). The number of phosphoric acid groups is 1. The Balaban J connectivity index is 2.23. The van der Waals surface area contributed by atoms with Crippen LogP contribution >= 0.6 is 7.82 Å². The van der Waals surface area contributed by atoms with Gasteiger partial charge in [-0.1, -0.05) is 13.8 Å². The number of carbonyl (C=O) groups excluding carboxylic acids is 6. The fourth-order valence-corrected chi connectivity index (χ4v) is 5.59. The van der Waals surface area contributed by atoms with Crippen molar-refractivity contribution < 1.29 is 52.7 Å². The summed E-state index contributed by atoms with van der Waals surface area (Å²) in [5.41, 5.74) is 0.429. The largest absolute Gasteiger partial charge is 0.469 e. The predicted octanol–water partition coefficient (Wildman–Crippen LogP) is -1.97. The van der Waals surface area contributed by atoms with Gasteiger partial charge in [0, 0.05) is 31.8 Å². The molecular weight excluding hydrogens is 629 g/mol. The second kappa shape index (κ2) is 17.3. The molecular formula is C27H44N7O11P. The van der Waals surface area contributed by atoms with Gasteiger partial charge in [0.1, 0.15) is 30.2 Å². The SMILES string of the molecule is CC(=O)[C@@H](NC(=O)[C@H](CO)NC(=O)[C@H](Cc1cnc[nH]1)NC(=O)[C@H](CC(C)C)NC(=O)[C@@H]1CCCN1C(C)=O)[C@@H](C)OP(=O)(O)O. The van der Waals surface area contributed by atoms with E-state index in [0.29, 0.717) is 25.1 Å². The summed E-state index contributed by atoms with van der Waals surface area (Å²) in [4.78, 5) is 103. The van der Waals surface area contributed by atoms with Gasteiger partial charge in [0.15, 0.2) is 5.78 Å². The van der Waals surface area contributed by atoms with Crippen molar-refractivity contribution in [2.45, 2.75) is 96.6 Å². The molecule has 18 nitrogen and oxygen atoms in total. The maximum Gasteiger partial charge on any atom is 0.469 e. The van der Waals surface area contributed by atoms with Gasteiger partial charge in [0.25, 0.3) is 0 Å². The third kappa shape index (κ3) is 11.9. The highest BCUT2D eigenvalue weighted by atomic mass is 31.2. The molecule has 0 bridgehead atoms. The van der Waals surface area contributed by atoms with Crippen LogP contribution < -0.4 is 21.3 Å². The number of hydrogen-bond acceptors (Lipinski definition) is 10. The summed E-state index contributed by atoms with van der Waals surface area (Å²) in [7, 11) is -5.02. The lowest BCUT2D eigenvalue weighted by atomic mass is 10.0. The van der Waals surface area contributed by atoms with Crippen molar-refractivity contribution in [1.82, 2.24) is 36.1 Å². The van der Waals surface area contributed by atoms with Crippen molar-refractivity contribution in [2.75, 3.05) is 13.2 Å². The van der Waals surface area contributed by atoms with E-state index >= 15 is 0 Å². The zero-order valence-electron chi connectivity index (χ0n) is 26.4. The number of nitrogens with zero attached hydrogens (tertiary/aromatic N) is 2. The van der Waals surface area contributed by atoms with Gasteiger partial charge in [0.05, 0.1) is 19.0 Å². The van der Waals surface area contributed by atoms with Gasteiger partial charge in [-0.05, 0) is 39.0 Å². The third-order valence-corrected chi connectivity index (χ3v) is 7.84. The van der Waals surface area contributed by atoms with Crippen LogP contribution in [0.5, 0.6) is 0 Å². The Kier molecular flexibility index (Phi) is 14.5. The first-order valence-corrected chi connectivity index (χ1v) is 16.3. The van der Waals surface area contributed by atoms with E-state index in [2.05, 4.69) is 35.8 Å². The lowest BCUT2D eigenvalue weighted by Gasteiger charge is -2.28. The minimum atomic E-state index is -5.02. The quantitative estimate of drug-likeness (QED) is 0.0837. The average Bonchev–Trinajstić information content (AvgIpc) is 3.64. The van der Waals surface area contributed by atoms with E-state index < -0.39 is 80.2 Å². The number of carbonyl (C=O) groups is 6. The molecule has 0 radical (unpaired) electrons. The van der Waals surface area contributed by atoms with E-state index in [1.54, 1.807) is 0 Å². The van der Waals surface area contributed by atoms with E-state index in [1.807, 2.05) is 13.8 Å². The van der Waals surface area contributed by atoms with E-state index in [-0.39, 0.29) is 24.7 Å². The number of rotatable bonds is 17. The molecule has 0 unspecified atom stereocenters. The Morgan fingerprint density at radius 1 is 1.00 bits per heavy atom. The van der Waals surface area contributed by atoms with Crippen molar-refractivity contribution in [1.29, 1.82) is 0 Å². The Labute approximate surface area is 266 Å². The van der Waals surface area contributed by atoms with Crippen molar-refractivity contribution in [3.05, 3.63) is 18.2 Å². The van der Waals surface area contributed by atoms with Gasteiger partial charge >= 0.3 is 7.82 Å². The molecule has 0 aromatic carbocycles. The van der Waals surface area contributed by atoms with Crippen LogP contribution in [0.2, 0.25) is 0 Å². The van der Waals surface area contributed by atoms with Gasteiger partial charge in [-0.25, -0.2) is 9.55 Å². The van der Waals surface area contributed by atoms with Crippen LogP contribution in [0.15, 0.2) is 12.5 Å². The molecule has 19 heteroatoms. The fourth-order valence-electron chi connectivity index (χ4n) is 5.03. The molecule has 1 aliphatic rings. The van der Waals surface area contributed by atoms with Crippen LogP contribution in [0.1, 0.15) is 59.6 Å². The molecule has 1 aromatic rings. The summed E-state index contributed by atoms with van der Waals surface area (Å²) in [5, 5.41) is 19.7. The number of aliphatic hydroxyl groups is 1. The predicted molar refractivity (Wildman–Crippen MR) is 160 cm³/mol. The Morgan fingerprint density at radius 3 is 2.13 bits per heavy atom. The first-order chi connectivity index (χ1) is 21.4. The number of Topliss-reactive ketones (excluding diaryl/α,β-unsaturated/α-hetero) is 1. The second-order valence-electron chi connectivity index (χ2n) is 11.5. The lowest BCUT2D eigenvalue weighted by molar-refractivity contribution is -0.138. The number of aromatic nitrogens is 2. The normalized spacial score (nSPS) is 18.2. The summed E-state index contributed by atoms with van der Waals surface area (Å²) in [6, 6.07) is -6.35. The molecule has 2 heterocycles. The number of phosphoric ester groups is 1. The number of likely N-dealkylation sites (tertiary alicyclic amines) is 1. The van der Waals surface area contributed by atoms with Gasteiger partial charge in [-0.2, -0.15) is 0 Å². The van der Waals surface area contributed by atoms with Gasteiger partial charge in [-0.3, -0.25) is 33.3 Å². The van der Waals surface area contributed by atoms with Crippen LogP contribution in [-0.4, -0.2) is 115 Å². The number of aliphatic hydroxyl groups excluding tert-OH is 1. The number of imidazole rings is 1. The molecule has 1 saturated heterocycles. The van der Waals surface area contributed by atoms with Crippen LogP contribution in [0.3, 0.4) is 0 Å². The lowest BCUT2D eigenvalue weighted by Crippen LogP contribution is -2.60. The molecule has 46 heavy (non-hydrogen) atoms. The van der Waals surface area contributed by atoms with Crippen molar-refractivity contribution in [2.24, 2.45) is 5.92 Å². The highest BCUT2D eigenvalue weighted by molar-refractivity contribution is 7.46.